The number of hydrogen-bond acceptors (Lipinski definition) is 3. The molecule has 0 atom stereocenters. The molecule has 0 spiro atoms. The van der Waals surface area contributed by atoms with Crippen LogP contribution in [0.25, 0.3) is 0 Å². The van der Waals surface area contributed by atoms with Crippen molar-refractivity contribution in [2.24, 2.45) is 0 Å². The summed E-state index contributed by atoms with van der Waals surface area (Å²) in [4.78, 5) is 11.7. The number of aryl methyl sites for hydroxylation is 1. The zero-order chi connectivity index (χ0) is 14.5. The summed E-state index contributed by atoms with van der Waals surface area (Å²) in [5.74, 6) is -0.697. The summed E-state index contributed by atoms with van der Waals surface area (Å²) in [7, 11) is 0. The molecule has 0 bridgehead atoms. The number of hydrogen-bond donors (Lipinski definition) is 1. The lowest BCUT2D eigenvalue weighted by Crippen LogP contribution is -2.09. The molecule has 0 aliphatic heterocycles. The van der Waals surface area contributed by atoms with E-state index < -0.39 is 0 Å². The molecule has 20 heavy (non-hydrogen) atoms. The molecule has 2 N–H and O–H groups in total. The maximum absolute atomic E-state index is 13.1. The fourth-order valence-corrected chi connectivity index (χ4v) is 1.87. The second-order valence-corrected chi connectivity index (χ2v) is 4.65. The molecule has 0 saturated carbocycles. The Hall–Kier alpha value is -2.36. The molecule has 0 amide bonds. The molecule has 2 rings (SSSR count). The normalized spacial score (nSPS) is 10.3. The number of esters is 1. The van der Waals surface area contributed by atoms with E-state index in [2.05, 4.69) is 0 Å². The van der Waals surface area contributed by atoms with Crippen molar-refractivity contribution in [3.8, 4) is 0 Å². The minimum absolute atomic E-state index is 0.0741. The van der Waals surface area contributed by atoms with Crippen LogP contribution in [0.15, 0.2) is 42.5 Å². The van der Waals surface area contributed by atoms with Gasteiger partial charge in [-0.05, 0) is 47.9 Å². The van der Waals surface area contributed by atoms with Crippen molar-refractivity contribution in [1.29, 1.82) is 0 Å². The largest absolute Gasteiger partial charge is 0.461 e. The first kappa shape index (κ1) is 14.1. The van der Waals surface area contributed by atoms with E-state index in [1.165, 1.54) is 12.1 Å². The Morgan fingerprint density at radius 1 is 1.25 bits per heavy atom. The average Bonchev–Trinajstić information content (AvgIpc) is 2.40. The third-order valence-corrected chi connectivity index (χ3v) is 3.00. The molecule has 2 aromatic carbocycles. The first-order chi connectivity index (χ1) is 9.54. The van der Waals surface area contributed by atoms with Gasteiger partial charge in [0.05, 0.1) is 6.42 Å². The number of rotatable bonds is 4. The number of anilines is 1. The second kappa shape index (κ2) is 6.19. The summed E-state index contributed by atoms with van der Waals surface area (Å²) in [5, 5.41) is 0. The molecule has 0 aromatic heterocycles. The van der Waals surface area contributed by atoms with E-state index in [1.807, 2.05) is 13.0 Å². The first-order valence-corrected chi connectivity index (χ1v) is 6.29. The van der Waals surface area contributed by atoms with Crippen LogP contribution in [0, 0.1) is 12.7 Å². The first-order valence-electron chi connectivity index (χ1n) is 6.29. The maximum atomic E-state index is 13.1. The molecule has 0 saturated heterocycles. The Kier molecular flexibility index (Phi) is 4.35. The van der Waals surface area contributed by atoms with Gasteiger partial charge in [-0.3, -0.25) is 4.79 Å². The van der Waals surface area contributed by atoms with Gasteiger partial charge in [0.25, 0.3) is 0 Å². The zero-order valence-corrected chi connectivity index (χ0v) is 11.2. The summed E-state index contributed by atoms with van der Waals surface area (Å²) >= 11 is 0. The van der Waals surface area contributed by atoms with E-state index in [-0.39, 0.29) is 24.8 Å². The fraction of sp³-hybridized carbons (Fsp3) is 0.188. The number of nitrogen functional groups attached to an aromatic ring is 1. The quantitative estimate of drug-likeness (QED) is 0.688. The van der Waals surface area contributed by atoms with Crippen molar-refractivity contribution in [1.82, 2.24) is 0 Å². The highest BCUT2D eigenvalue weighted by Gasteiger charge is 2.07. The van der Waals surface area contributed by atoms with E-state index >= 15 is 0 Å². The molecule has 0 radical (unpaired) electrons. The van der Waals surface area contributed by atoms with Gasteiger partial charge in [-0.15, -0.1) is 0 Å². The van der Waals surface area contributed by atoms with Gasteiger partial charge < -0.3 is 10.5 Å². The minimum Gasteiger partial charge on any atom is -0.461 e. The lowest BCUT2D eigenvalue weighted by atomic mass is 10.1. The van der Waals surface area contributed by atoms with Crippen LogP contribution < -0.4 is 5.73 Å². The van der Waals surface area contributed by atoms with E-state index in [0.29, 0.717) is 11.3 Å². The Bertz CT molecular complexity index is 626. The summed E-state index contributed by atoms with van der Waals surface area (Å²) in [6, 6.07) is 11.5. The summed E-state index contributed by atoms with van der Waals surface area (Å²) in [6.45, 7) is 1.92. The van der Waals surface area contributed by atoms with Gasteiger partial charge in [-0.2, -0.15) is 0 Å². The monoisotopic (exact) mass is 273 g/mol. The number of nitrogens with two attached hydrogens (primary N) is 1. The van der Waals surface area contributed by atoms with Gasteiger partial charge in [-0.1, -0.05) is 18.2 Å². The van der Waals surface area contributed by atoms with Crippen molar-refractivity contribution in [2.75, 3.05) is 5.73 Å². The second-order valence-electron chi connectivity index (χ2n) is 4.65. The van der Waals surface area contributed by atoms with Gasteiger partial charge in [0.15, 0.2) is 0 Å². The minimum atomic E-state index is -0.362. The van der Waals surface area contributed by atoms with Crippen LogP contribution in [-0.2, 0) is 22.6 Å². The average molecular weight is 273 g/mol. The maximum Gasteiger partial charge on any atom is 0.310 e. The fourth-order valence-electron chi connectivity index (χ4n) is 1.87. The van der Waals surface area contributed by atoms with Crippen LogP contribution in [0.1, 0.15) is 16.7 Å². The molecule has 4 heteroatoms. The lowest BCUT2D eigenvalue weighted by Gasteiger charge is -2.08. The summed E-state index contributed by atoms with van der Waals surface area (Å²) < 4.78 is 18.3. The van der Waals surface area contributed by atoms with Gasteiger partial charge in [0.1, 0.15) is 12.4 Å². The van der Waals surface area contributed by atoms with Crippen LogP contribution in [0.3, 0.4) is 0 Å². The smallest absolute Gasteiger partial charge is 0.310 e. The Morgan fingerprint density at radius 3 is 2.80 bits per heavy atom. The molecular weight excluding hydrogens is 257 g/mol. The van der Waals surface area contributed by atoms with Gasteiger partial charge in [0.2, 0.25) is 0 Å². The highest BCUT2D eigenvalue weighted by molar-refractivity contribution is 5.73. The van der Waals surface area contributed by atoms with Gasteiger partial charge in [-0.25, -0.2) is 4.39 Å². The van der Waals surface area contributed by atoms with Crippen LogP contribution >= 0.6 is 0 Å². The van der Waals surface area contributed by atoms with Crippen LogP contribution in [-0.4, -0.2) is 5.97 Å². The highest BCUT2D eigenvalue weighted by atomic mass is 19.1. The number of ether oxygens (including phenoxy) is 1. The van der Waals surface area contributed by atoms with Crippen molar-refractivity contribution in [3.63, 3.8) is 0 Å². The number of carbonyl (C=O) groups is 1. The number of benzene rings is 2. The Morgan fingerprint density at radius 2 is 2.05 bits per heavy atom. The molecular formula is C16H16FNO2. The molecule has 3 nitrogen and oxygen atoms in total. The SMILES string of the molecule is Cc1ccc(F)cc1COC(=O)Cc1cccc(N)c1. The molecule has 0 unspecified atom stereocenters. The predicted molar refractivity (Wildman–Crippen MR) is 75.5 cm³/mol. The highest BCUT2D eigenvalue weighted by Crippen LogP contribution is 2.13. The van der Waals surface area contributed by atoms with Crippen molar-refractivity contribution in [3.05, 3.63) is 65.0 Å². The predicted octanol–water partition coefficient (Wildman–Crippen LogP) is 3.00. The molecule has 104 valence electrons. The number of halogens is 1. The van der Waals surface area contributed by atoms with E-state index in [1.54, 1.807) is 24.3 Å². The van der Waals surface area contributed by atoms with Crippen LogP contribution in [0.5, 0.6) is 0 Å². The van der Waals surface area contributed by atoms with Crippen molar-refractivity contribution >= 4 is 11.7 Å². The molecule has 0 fully saturated rings. The lowest BCUT2D eigenvalue weighted by molar-refractivity contribution is -0.144. The third kappa shape index (κ3) is 3.82. The molecule has 0 heterocycles. The van der Waals surface area contributed by atoms with E-state index in [0.717, 1.165) is 11.1 Å². The third-order valence-electron chi connectivity index (χ3n) is 3.00. The Labute approximate surface area is 117 Å². The Balaban J connectivity index is 1.94. The standard InChI is InChI=1S/C16H16FNO2/c1-11-5-6-14(17)9-13(11)10-20-16(19)8-12-3-2-4-15(18)7-12/h2-7,9H,8,10,18H2,1H3. The molecule has 0 aliphatic carbocycles. The summed E-state index contributed by atoms with van der Waals surface area (Å²) in [5.41, 5.74) is 8.61. The van der Waals surface area contributed by atoms with Crippen molar-refractivity contribution in [2.45, 2.75) is 20.0 Å². The van der Waals surface area contributed by atoms with E-state index in [9.17, 15) is 9.18 Å². The topological polar surface area (TPSA) is 52.3 Å². The van der Waals surface area contributed by atoms with Crippen molar-refractivity contribution < 1.29 is 13.9 Å². The van der Waals surface area contributed by atoms with Crippen LogP contribution in [0.2, 0.25) is 0 Å². The van der Waals surface area contributed by atoms with E-state index in [4.69, 9.17) is 10.5 Å². The van der Waals surface area contributed by atoms with Gasteiger partial charge in [0, 0.05) is 5.69 Å². The van der Waals surface area contributed by atoms with Gasteiger partial charge >= 0.3 is 5.97 Å². The zero-order valence-electron chi connectivity index (χ0n) is 11.2. The molecule has 2 aromatic rings. The number of carbonyl (C=O) groups excluding carboxylic acids is 1. The molecule has 0 aliphatic rings. The van der Waals surface area contributed by atoms with Crippen LogP contribution in [0.4, 0.5) is 10.1 Å². The summed E-state index contributed by atoms with van der Waals surface area (Å²) in [6.07, 6.45) is 0.152.